The van der Waals surface area contributed by atoms with E-state index in [1.807, 2.05) is 26.8 Å². The molecule has 1 N–H and O–H groups in total. The maximum Gasteiger partial charge on any atom is 0.256 e. The SMILES string of the molecule is CCCc1nc(-c2c(C)cc(C)nc2NC(=O)c2cccc(Cl)c2)no1. The quantitative estimate of drug-likeness (QED) is 0.709. The standard InChI is InChI=1S/C19H19ClN4O2/c1-4-6-15-22-18(24-26-15)16-11(2)9-12(3)21-17(16)23-19(25)13-7-5-8-14(20)10-13/h5,7-10H,4,6H2,1-3H3,(H,21,23,25). The van der Waals surface area contributed by atoms with Gasteiger partial charge < -0.3 is 9.84 Å². The van der Waals surface area contributed by atoms with Crippen LogP contribution in [-0.4, -0.2) is 21.0 Å². The molecule has 3 rings (SSSR count). The zero-order chi connectivity index (χ0) is 18.7. The highest BCUT2D eigenvalue weighted by Gasteiger charge is 2.19. The number of aryl methyl sites for hydroxylation is 3. The normalized spacial score (nSPS) is 10.8. The first-order valence-corrected chi connectivity index (χ1v) is 8.74. The number of aromatic nitrogens is 3. The molecule has 0 spiro atoms. The fourth-order valence-corrected chi connectivity index (χ4v) is 2.88. The number of nitrogens with zero attached hydrogens (tertiary/aromatic N) is 3. The molecule has 1 amide bonds. The zero-order valence-electron chi connectivity index (χ0n) is 14.8. The molecular formula is C19H19ClN4O2. The number of carbonyl (C=O) groups is 1. The van der Waals surface area contributed by atoms with E-state index < -0.39 is 0 Å². The average Bonchev–Trinajstić information content (AvgIpc) is 3.02. The summed E-state index contributed by atoms with van der Waals surface area (Å²) in [5, 5.41) is 7.39. The third kappa shape index (κ3) is 3.91. The molecule has 0 saturated heterocycles. The van der Waals surface area contributed by atoms with Crippen molar-refractivity contribution >= 4 is 23.3 Å². The lowest BCUT2D eigenvalue weighted by Gasteiger charge is -2.12. The lowest BCUT2D eigenvalue weighted by molar-refractivity contribution is 0.102. The molecule has 0 fully saturated rings. The molecule has 26 heavy (non-hydrogen) atoms. The molecule has 7 heteroatoms. The number of anilines is 1. The van der Waals surface area contributed by atoms with Crippen LogP contribution in [0.25, 0.3) is 11.4 Å². The van der Waals surface area contributed by atoms with E-state index in [0.717, 1.165) is 17.7 Å². The van der Waals surface area contributed by atoms with E-state index in [1.165, 1.54) is 0 Å². The molecule has 3 aromatic rings. The molecule has 1 aromatic carbocycles. The van der Waals surface area contributed by atoms with E-state index in [4.69, 9.17) is 16.1 Å². The summed E-state index contributed by atoms with van der Waals surface area (Å²) < 4.78 is 5.29. The van der Waals surface area contributed by atoms with Gasteiger partial charge in [0.25, 0.3) is 5.91 Å². The lowest BCUT2D eigenvalue weighted by Crippen LogP contribution is -2.15. The molecule has 2 aromatic heterocycles. The Morgan fingerprint density at radius 3 is 2.77 bits per heavy atom. The first-order chi connectivity index (χ1) is 12.5. The number of halogens is 1. The number of nitrogens with one attached hydrogen (secondary N) is 1. The van der Waals surface area contributed by atoms with Gasteiger partial charge in [0.15, 0.2) is 0 Å². The number of benzene rings is 1. The molecule has 0 aliphatic rings. The van der Waals surface area contributed by atoms with Gasteiger partial charge in [-0.1, -0.05) is 29.7 Å². The summed E-state index contributed by atoms with van der Waals surface area (Å²) in [6, 6.07) is 8.65. The van der Waals surface area contributed by atoms with Crippen LogP contribution in [0.5, 0.6) is 0 Å². The van der Waals surface area contributed by atoms with Crippen LogP contribution in [-0.2, 0) is 6.42 Å². The topological polar surface area (TPSA) is 80.9 Å². The molecule has 0 saturated carbocycles. The molecule has 134 valence electrons. The van der Waals surface area contributed by atoms with Crippen LogP contribution in [0.2, 0.25) is 5.02 Å². The van der Waals surface area contributed by atoms with E-state index in [0.29, 0.717) is 40.1 Å². The number of rotatable bonds is 5. The smallest absolute Gasteiger partial charge is 0.256 e. The largest absolute Gasteiger partial charge is 0.339 e. The summed E-state index contributed by atoms with van der Waals surface area (Å²) in [7, 11) is 0. The molecule has 0 aliphatic heterocycles. The Kier molecular flexibility index (Phi) is 5.32. The van der Waals surface area contributed by atoms with E-state index in [-0.39, 0.29) is 5.91 Å². The van der Waals surface area contributed by atoms with Gasteiger partial charge in [-0.25, -0.2) is 4.98 Å². The van der Waals surface area contributed by atoms with Crippen molar-refractivity contribution in [3.05, 3.63) is 58.1 Å². The van der Waals surface area contributed by atoms with Gasteiger partial charge in [-0.2, -0.15) is 4.98 Å². The van der Waals surface area contributed by atoms with Crippen molar-refractivity contribution in [2.45, 2.75) is 33.6 Å². The highest BCUT2D eigenvalue weighted by molar-refractivity contribution is 6.31. The van der Waals surface area contributed by atoms with Gasteiger partial charge in [-0.3, -0.25) is 4.79 Å². The van der Waals surface area contributed by atoms with Crippen molar-refractivity contribution in [2.75, 3.05) is 5.32 Å². The third-order valence-electron chi connectivity index (χ3n) is 3.82. The maximum atomic E-state index is 12.6. The van der Waals surface area contributed by atoms with Crippen molar-refractivity contribution in [3.8, 4) is 11.4 Å². The molecule has 0 unspecified atom stereocenters. The van der Waals surface area contributed by atoms with Gasteiger partial charge in [0, 0.05) is 22.7 Å². The van der Waals surface area contributed by atoms with Gasteiger partial charge in [0.05, 0.1) is 5.56 Å². The van der Waals surface area contributed by atoms with Crippen molar-refractivity contribution in [1.29, 1.82) is 0 Å². The van der Waals surface area contributed by atoms with E-state index in [9.17, 15) is 4.79 Å². The predicted molar refractivity (Wildman–Crippen MR) is 100 cm³/mol. The second-order valence-corrected chi connectivity index (χ2v) is 6.47. The maximum absolute atomic E-state index is 12.6. The summed E-state index contributed by atoms with van der Waals surface area (Å²) in [5.41, 5.74) is 2.79. The summed E-state index contributed by atoms with van der Waals surface area (Å²) in [6.07, 6.45) is 1.61. The Balaban J connectivity index is 1.99. The van der Waals surface area contributed by atoms with Gasteiger partial charge >= 0.3 is 0 Å². The van der Waals surface area contributed by atoms with Crippen LogP contribution in [0.1, 0.15) is 40.9 Å². The zero-order valence-corrected chi connectivity index (χ0v) is 15.6. The monoisotopic (exact) mass is 370 g/mol. The Bertz CT molecular complexity index is 952. The van der Waals surface area contributed by atoms with Crippen LogP contribution in [0.3, 0.4) is 0 Å². The Morgan fingerprint density at radius 1 is 1.23 bits per heavy atom. The van der Waals surface area contributed by atoms with Gasteiger partial charge in [0.1, 0.15) is 5.82 Å². The van der Waals surface area contributed by atoms with Crippen LogP contribution in [0, 0.1) is 13.8 Å². The molecular weight excluding hydrogens is 352 g/mol. The van der Waals surface area contributed by atoms with E-state index >= 15 is 0 Å². The predicted octanol–water partition coefficient (Wildman–Crippen LogP) is 4.61. The first kappa shape index (κ1) is 18.1. The lowest BCUT2D eigenvalue weighted by atomic mass is 10.1. The average molecular weight is 371 g/mol. The molecule has 0 aliphatic carbocycles. The minimum absolute atomic E-state index is 0.302. The summed E-state index contributed by atoms with van der Waals surface area (Å²) in [4.78, 5) is 21.5. The third-order valence-corrected chi connectivity index (χ3v) is 4.05. The van der Waals surface area contributed by atoms with Gasteiger partial charge in [0.2, 0.25) is 11.7 Å². The Labute approximate surface area is 156 Å². The second-order valence-electron chi connectivity index (χ2n) is 6.03. The fraction of sp³-hybridized carbons (Fsp3) is 0.263. The molecule has 2 heterocycles. The van der Waals surface area contributed by atoms with Crippen molar-refractivity contribution in [1.82, 2.24) is 15.1 Å². The van der Waals surface area contributed by atoms with Gasteiger partial charge in [-0.15, -0.1) is 0 Å². The van der Waals surface area contributed by atoms with Crippen LogP contribution >= 0.6 is 11.6 Å². The minimum atomic E-state index is -0.302. The molecule has 0 bridgehead atoms. The number of hydrogen-bond donors (Lipinski definition) is 1. The fourth-order valence-electron chi connectivity index (χ4n) is 2.69. The summed E-state index contributed by atoms with van der Waals surface area (Å²) in [6.45, 7) is 5.83. The van der Waals surface area contributed by atoms with Crippen LogP contribution in [0.15, 0.2) is 34.9 Å². The molecule has 0 radical (unpaired) electrons. The van der Waals surface area contributed by atoms with Crippen molar-refractivity contribution in [2.24, 2.45) is 0 Å². The van der Waals surface area contributed by atoms with E-state index in [1.54, 1.807) is 24.3 Å². The highest BCUT2D eigenvalue weighted by Crippen LogP contribution is 2.29. The van der Waals surface area contributed by atoms with Crippen molar-refractivity contribution < 1.29 is 9.32 Å². The number of hydrogen-bond acceptors (Lipinski definition) is 5. The summed E-state index contributed by atoms with van der Waals surface area (Å²) in [5.74, 6) is 1.08. The minimum Gasteiger partial charge on any atom is -0.339 e. The molecule has 6 nitrogen and oxygen atoms in total. The number of pyridine rings is 1. The number of carbonyl (C=O) groups excluding carboxylic acids is 1. The van der Waals surface area contributed by atoms with Crippen LogP contribution < -0.4 is 5.32 Å². The highest BCUT2D eigenvalue weighted by atomic mass is 35.5. The number of amides is 1. The van der Waals surface area contributed by atoms with E-state index in [2.05, 4.69) is 20.4 Å². The second kappa shape index (κ2) is 7.66. The summed E-state index contributed by atoms with van der Waals surface area (Å²) >= 11 is 5.97. The van der Waals surface area contributed by atoms with Gasteiger partial charge in [-0.05, 0) is 50.1 Å². The Hall–Kier alpha value is -2.73. The molecule has 0 atom stereocenters. The first-order valence-electron chi connectivity index (χ1n) is 8.36. The van der Waals surface area contributed by atoms with Crippen LogP contribution in [0.4, 0.5) is 5.82 Å². The Morgan fingerprint density at radius 2 is 2.04 bits per heavy atom. The van der Waals surface area contributed by atoms with Crippen molar-refractivity contribution in [3.63, 3.8) is 0 Å².